The molecular formula is C60H88N8O16S. The molecule has 0 aromatic heterocycles. The first-order valence-corrected chi connectivity index (χ1v) is 30.0. The van der Waals surface area contributed by atoms with Crippen molar-refractivity contribution in [3.8, 4) is 22.6 Å². The maximum atomic E-state index is 15.4. The summed E-state index contributed by atoms with van der Waals surface area (Å²) >= 11 is 0. The number of unbranched alkanes of at least 4 members (excludes halogenated alkanes) is 4. The average molecular weight is 1210 g/mol. The van der Waals surface area contributed by atoms with Crippen molar-refractivity contribution in [1.82, 2.24) is 41.1 Å². The standard InChI is InChI=1S/C60H88N8O16S/c1-15-16-17-18-19-20-39-21-24-42(37(2)33-39)51(70)64-45(27-30-67(13)57(76)84-60(10,11)12)54(73)68(14)49-41-23-26-48(81-32-29-62-56(75)83-59(7,8)9)44(36-41)43-34-40(22-25-47(43)80-31-28-61-55(74)82-58(4,5)6)35-46(52(71)66-85(77,78)79)65-50(69)38(3)63-53(49)72/h21-26,33-34,36,38,45-46,49H,15-20,27-32,35H2,1-14H3,(H,61,74)(H,62,75)(H,63,72)(H,64,70)(H,65,69)(H,66,71)(H,77,78,79)/t38-,45-,46-,49-/m0/s1. The summed E-state index contributed by atoms with van der Waals surface area (Å²) in [5.41, 5.74) is 0.396. The zero-order valence-corrected chi connectivity index (χ0v) is 52.4. The zero-order chi connectivity index (χ0) is 63.6. The van der Waals surface area contributed by atoms with Crippen LogP contribution in [-0.4, -0.2) is 152 Å². The molecule has 0 saturated carbocycles. The quantitative estimate of drug-likeness (QED) is 0.0285. The molecule has 4 rings (SSSR count). The van der Waals surface area contributed by atoms with E-state index in [9.17, 15) is 41.7 Å². The SMILES string of the molecule is CCCCCCCc1ccc(C(=O)N[C@@H](CCN(C)C(=O)OC(C)(C)C)C(=O)N(C)[C@@H]2C(=O)N[C@@H](C)C(=O)N[C@H](C(=O)NS(=O)(=O)O)Cc3ccc(OCCNC(=O)OC(C)(C)C)c(c3)-c3cc2ccc3OCCNC(=O)OC(C)(C)C)c(C)c1. The number of benzene rings is 3. The number of hydrogen-bond donors (Lipinski definition) is 7. The Morgan fingerprint density at radius 2 is 1.29 bits per heavy atom. The number of carbonyl (C=O) groups excluding carboxylic acids is 8. The molecule has 8 amide bonds. The first kappa shape index (κ1) is 69.8. The van der Waals surface area contributed by atoms with Crippen molar-refractivity contribution >= 4 is 58.1 Å². The number of likely N-dealkylation sites (N-methyl/N-ethyl adjacent to an activating group) is 1. The predicted octanol–water partition coefficient (Wildman–Crippen LogP) is 7.00. The molecule has 0 aliphatic carbocycles. The number of nitrogens with one attached hydrogen (secondary N) is 6. The van der Waals surface area contributed by atoms with Gasteiger partial charge in [-0.3, -0.25) is 28.5 Å². The van der Waals surface area contributed by atoms with Crippen LogP contribution < -0.4 is 40.8 Å². The molecule has 0 fully saturated rings. The van der Waals surface area contributed by atoms with E-state index in [-0.39, 0.29) is 73.0 Å². The van der Waals surface area contributed by atoms with Gasteiger partial charge in [0, 0.05) is 43.8 Å². The van der Waals surface area contributed by atoms with Crippen LogP contribution >= 0.6 is 0 Å². The van der Waals surface area contributed by atoms with Crippen molar-refractivity contribution < 1.29 is 75.0 Å². The molecule has 0 saturated heterocycles. The fourth-order valence-electron chi connectivity index (χ4n) is 8.89. The van der Waals surface area contributed by atoms with Crippen LogP contribution in [0.15, 0.2) is 54.6 Å². The summed E-state index contributed by atoms with van der Waals surface area (Å²) in [5.74, 6) is -4.37. The van der Waals surface area contributed by atoms with Crippen LogP contribution in [0.25, 0.3) is 11.1 Å². The molecule has 85 heavy (non-hydrogen) atoms. The van der Waals surface area contributed by atoms with Crippen molar-refractivity contribution in [3.63, 3.8) is 0 Å². The van der Waals surface area contributed by atoms with Gasteiger partial charge in [0.05, 0.1) is 13.1 Å². The van der Waals surface area contributed by atoms with E-state index in [1.54, 1.807) is 81.4 Å². The molecule has 3 aromatic carbocycles. The Morgan fingerprint density at radius 3 is 1.85 bits per heavy atom. The molecule has 0 unspecified atom stereocenters. The molecule has 1 aliphatic rings. The normalized spacial score (nSPS) is 16.0. The van der Waals surface area contributed by atoms with Gasteiger partial charge in [0.2, 0.25) is 17.7 Å². The third-order valence-corrected chi connectivity index (χ3v) is 13.4. The van der Waals surface area contributed by atoms with E-state index in [0.29, 0.717) is 11.1 Å². The number of amides is 8. The van der Waals surface area contributed by atoms with Gasteiger partial charge in [0.25, 0.3) is 11.8 Å². The number of nitrogens with zero attached hydrogens (tertiary/aromatic N) is 2. The predicted molar refractivity (Wildman–Crippen MR) is 318 cm³/mol. The van der Waals surface area contributed by atoms with Gasteiger partial charge in [-0.25, -0.2) is 19.1 Å². The van der Waals surface area contributed by atoms with Gasteiger partial charge in [-0.1, -0.05) is 56.9 Å². The van der Waals surface area contributed by atoms with Crippen LogP contribution in [0.5, 0.6) is 11.5 Å². The number of fused-ring (bicyclic) bond motifs is 5. The Bertz CT molecular complexity index is 2970. The summed E-state index contributed by atoms with van der Waals surface area (Å²) in [5, 5.41) is 13.2. The third-order valence-electron chi connectivity index (χ3n) is 12.9. The van der Waals surface area contributed by atoms with E-state index in [4.69, 9.17) is 23.7 Å². The molecule has 4 atom stereocenters. The van der Waals surface area contributed by atoms with Crippen LogP contribution in [-0.2, 0) is 56.5 Å². The molecule has 25 heteroatoms. The lowest BCUT2D eigenvalue weighted by Gasteiger charge is -2.33. The summed E-state index contributed by atoms with van der Waals surface area (Å²) in [6.07, 6.45) is 3.57. The molecule has 7 N–H and O–H groups in total. The summed E-state index contributed by atoms with van der Waals surface area (Å²) in [6, 6.07) is 8.43. The van der Waals surface area contributed by atoms with Gasteiger partial charge in [-0.05, 0) is 148 Å². The summed E-state index contributed by atoms with van der Waals surface area (Å²) < 4.78 is 64.1. The highest BCUT2D eigenvalue weighted by Gasteiger charge is 2.37. The lowest BCUT2D eigenvalue weighted by molar-refractivity contribution is -0.141. The molecule has 4 bridgehead atoms. The molecular weight excluding hydrogens is 1120 g/mol. The van der Waals surface area contributed by atoms with E-state index in [2.05, 4.69) is 33.5 Å². The van der Waals surface area contributed by atoms with Crippen molar-refractivity contribution in [2.45, 2.75) is 175 Å². The molecule has 1 heterocycles. The van der Waals surface area contributed by atoms with E-state index in [0.717, 1.165) is 49.0 Å². The lowest BCUT2D eigenvalue weighted by Crippen LogP contribution is -2.56. The minimum Gasteiger partial charge on any atom is -0.491 e. The number of rotatable bonds is 23. The Balaban J connectivity index is 1.93. The molecule has 1 aliphatic heterocycles. The van der Waals surface area contributed by atoms with Crippen LogP contribution in [0.2, 0.25) is 0 Å². The molecule has 24 nitrogen and oxygen atoms in total. The molecule has 3 aromatic rings. The van der Waals surface area contributed by atoms with Crippen LogP contribution in [0.4, 0.5) is 14.4 Å². The second-order valence-corrected chi connectivity index (χ2v) is 25.1. The average Bonchev–Trinajstić information content (AvgIpc) is 1.76. The largest absolute Gasteiger partial charge is 0.491 e. The van der Waals surface area contributed by atoms with Crippen molar-refractivity contribution in [1.29, 1.82) is 0 Å². The van der Waals surface area contributed by atoms with Gasteiger partial charge >= 0.3 is 28.6 Å². The highest BCUT2D eigenvalue weighted by atomic mass is 32.2. The molecule has 0 radical (unpaired) electrons. The maximum absolute atomic E-state index is 15.4. The van der Waals surface area contributed by atoms with Gasteiger partial charge in [0.15, 0.2) is 0 Å². The smallest absolute Gasteiger partial charge is 0.410 e. The highest BCUT2D eigenvalue weighted by molar-refractivity contribution is 7.84. The van der Waals surface area contributed by atoms with Crippen LogP contribution in [0, 0.1) is 6.92 Å². The summed E-state index contributed by atoms with van der Waals surface area (Å²) in [6.45, 7) is 20.1. The van der Waals surface area contributed by atoms with Gasteiger partial charge < -0.3 is 60.1 Å². The van der Waals surface area contributed by atoms with Crippen molar-refractivity contribution in [3.05, 3.63) is 82.4 Å². The third kappa shape index (κ3) is 23.7. The van der Waals surface area contributed by atoms with Crippen LogP contribution in [0.3, 0.4) is 0 Å². The number of aryl methyl sites for hydroxylation is 2. The second-order valence-electron chi connectivity index (χ2n) is 24.0. The maximum Gasteiger partial charge on any atom is 0.410 e. The fraction of sp³-hybridized carbons (Fsp3) is 0.567. The van der Waals surface area contributed by atoms with E-state index in [1.807, 2.05) is 12.1 Å². The summed E-state index contributed by atoms with van der Waals surface area (Å²) in [4.78, 5) is 113. The second kappa shape index (κ2) is 30.9. The Kier molecular flexibility index (Phi) is 25.4. The zero-order valence-electron chi connectivity index (χ0n) is 51.6. The van der Waals surface area contributed by atoms with Gasteiger partial charge in [0.1, 0.15) is 65.7 Å². The highest BCUT2D eigenvalue weighted by Crippen LogP contribution is 2.40. The minimum absolute atomic E-state index is 0.0532. The Labute approximate surface area is 499 Å². The topological polar surface area (TPSA) is 316 Å². The van der Waals surface area contributed by atoms with E-state index < -0.39 is 106 Å². The van der Waals surface area contributed by atoms with E-state index in [1.165, 1.54) is 61.0 Å². The van der Waals surface area contributed by atoms with Crippen molar-refractivity contribution in [2.75, 3.05) is 46.9 Å². The van der Waals surface area contributed by atoms with Gasteiger partial charge in [-0.2, -0.15) is 8.42 Å². The number of alkyl carbamates (subject to hydrolysis) is 2. The first-order chi connectivity index (χ1) is 39.5. The number of hydrogen-bond acceptors (Lipinski definition) is 15. The molecule has 0 spiro atoms. The van der Waals surface area contributed by atoms with Crippen molar-refractivity contribution in [2.24, 2.45) is 0 Å². The Hall–Kier alpha value is -7.67. The van der Waals surface area contributed by atoms with Gasteiger partial charge in [-0.15, -0.1) is 0 Å². The number of carbonyl (C=O) groups is 8. The summed E-state index contributed by atoms with van der Waals surface area (Å²) in [7, 11) is -2.35. The lowest BCUT2D eigenvalue weighted by atomic mass is 9.93. The Morgan fingerprint density at radius 1 is 0.729 bits per heavy atom. The fourth-order valence-corrected chi connectivity index (χ4v) is 9.29. The monoisotopic (exact) mass is 1210 g/mol. The minimum atomic E-state index is -5.15. The first-order valence-electron chi connectivity index (χ1n) is 28.5. The van der Waals surface area contributed by atoms with Crippen LogP contribution in [0.1, 0.15) is 153 Å². The van der Waals surface area contributed by atoms with E-state index >= 15 is 9.59 Å². The molecule has 470 valence electrons. The number of ether oxygens (including phenoxy) is 5.